The Labute approximate surface area is 298 Å². The molecule has 0 amide bonds. The second kappa shape index (κ2) is 10.4. The summed E-state index contributed by atoms with van der Waals surface area (Å²) in [6, 6.07) is 35.6. The minimum Gasteiger partial charge on any atom is -0.456 e. The standard InChI is InChI=1S/C48H28O2/c1-2-12-30-27-31(22-21-29(30)11-1)33-25-26-41(47-40-18-8-10-20-43(40)50-48(33)47)46-38-16-5-3-14-36(38)45(37-15-4-6-17-39(37)46)32-23-24-35-34-13-7-9-19-42(34)49-44(35)28-32/h1-28H/i3D,4D,5D,6D,14D,15D,16D,17D. The average molecular weight is 645 g/mol. The quantitative estimate of drug-likeness (QED) is 0.179. The molecule has 2 aromatic heterocycles. The number of fused-ring (bicyclic) bond motifs is 9. The summed E-state index contributed by atoms with van der Waals surface area (Å²) >= 11 is 0. The van der Waals surface area contributed by atoms with E-state index < -0.39 is 24.2 Å². The summed E-state index contributed by atoms with van der Waals surface area (Å²) in [5.74, 6) is 0. The Morgan fingerprint density at radius 2 is 0.960 bits per heavy atom. The van der Waals surface area contributed by atoms with Crippen LogP contribution in [0.15, 0.2) is 179 Å². The first kappa shape index (κ1) is 20.7. The predicted octanol–water partition coefficient (Wildman–Crippen LogP) is 13.9. The first-order valence-electron chi connectivity index (χ1n) is 20.4. The van der Waals surface area contributed by atoms with E-state index in [1.165, 1.54) is 0 Å². The fraction of sp³-hybridized carbons (Fsp3) is 0. The van der Waals surface area contributed by atoms with Crippen LogP contribution in [0, 0.1) is 0 Å². The van der Waals surface area contributed by atoms with E-state index in [4.69, 9.17) is 14.3 Å². The topological polar surface area (TPSA) is 26.3 Å². The fourth-order valence-electron chi connectivity index (χ4n) is 7.69. The van der Waals surface area contributed by atoms with Gasteiger partial charge in [0.15, 0.2) is 0 Å². The molecule has 9 aromatic carbocycles. The van der Waals surface area contributed by atoms with Crippen molar-refractivity contribution < 1.29 is 19.8 Å². The fourth-order valence-corrected chi connectivity index (χ4v) is 7.69. The highest BCUT2D eigenvalue weighted by molar-refractivity contribution is 6.27. The molecular formula is C48H28O2. The molecule has 50 heavy (non-hydrogen) atoms. The normalized spacial score (nSPS) is 14.2. The van der Waals surface area contributed by atoms with Gasteiger partial charge in [-0.3, -0.25) is 0 Å². The van der Waals surface area contributed by atoms with Gasteiger partial charge in [0.05, 0.1) is 11.0 Å². The average Bonchev–Trinajstić information content (AvgIpc) is 3.83. The Morgan fingerprint density at radius 1 is 0.380 bits per heavy atom. The van der Waals surface area contributed by atoms with Crippen molar-refractivity contribution >= 4 is 76.2 Å². The number of para-hydroxylation sites is 2. The lowest BCUT2D eigenvalue weighted by Gasteiger charge is -2.18. The molecule has 2 heteroatoms. The van der Waals surface area contributed by atoms with Crippen LogP contribution >= 0.6 is 0 Å². The van der Waals surface area contributed by atoms with E-state index in [0.29, 0.717) is 38.8 Å². The molecule has 0 fully saturated rings. The molecule has 0 radical (unpaired) electrons. The molecule has 0 atom stereocenters. The Balaban J connectivity index is 1.35. The Bertz CT molecular complexity index is 3540. The highest BCUT2D eigenvalue weighted by Gasteiger charge is 2.22. The van der Waals surface area contributed by atoms with Crippen molar-refractivity contribution in [2.24, 2.45) is 0 Å². The molecule has 0 spiro atoms. The van der Waals surface area contributed by atoms with Crippen LogP contribution in [-0.2, 0) is 0 Å². The zero-order valence-electron chi connectivity index (χ0n) is 34.4. The zero-order chi connectivity index (χ0) is 39.7. The van der Waals surface area contributed by atoms with Crippen LogP contribution in [0.1, 0.15) is 11.0 Å². The van der Waals surface area contributed by atoms with E-state index in [0.717, 1.165) is 38.1 Å². The molecule has 232 valence electrons. The molecule has 0 saturated heterocycles. The summed E-state index contributed by atoms with van der Waals surface area (Å²) in [4.78, 5) is 0. The molecule has 0 saturated carbocycles. The van der Waals surface area contributed by atoms with Crippen molar-refractivity contribution in [2.75, 3.05) is 0 Å². The number of hydrogen-bond acceptors (Lipinski definition) is 2. The zero-order valence-corrected chi connectivity index (χ0v) is 26.4. The first-order valence-corrected chi connectivity index (χ1v) is 16.4. The lowest BCUT2D eigenvalue weighted by atomic mass is 9.84. The van der Waals surface area contributed by atoms with E-state index >= 15 is 0 Å². The van der Waals surface area contributed by atoms with Gasteiger partial charge in [-0.2, -0.15) is 0 Å². The minimum absolute atomic E-state index is 0.133. The number of hydrogen-bond donors (Lipinski definition) is 0. The van der Waals surface area contributed by atoms with Gasteiger partial charge in [0.25, 0.3) is 0 Å². The predicted molar refractivity (Wildman–Crippen MR) is 210 cm³/mol. The summed E-state index contributed by atoms with van der Waals surface area (Å²) in [6.45, 7) is 0. The molecule has 0 aliphatic carbocycles. The third kappa shape index (κ3) is 3.90. The van der Waals surface area contributed by atoms with E-state index in [1.807, 2.05) is 91.0 Å². The van der Waals surface area contributed by atoms with Crippen LogP contribution in [0.2, 0.25) is 0 Å². The van der Waals surface area contributed by atoms with Crippen molar-refractivity contribution in [3.8, 4) is 33.4 Å². The van der Waals surface area contributed by atoms with Crippen molar-refractivity contribution in [3.05, 3.63) is 170 Å². The largest absolute Gasteiger partial charge is 0.456 e. The van der Waals surface area contributed by atoms with Crippen LogP contribution in [-0.4, -0.2) is 0 Å². The van der Waals surface area contributed by atoms with Gasteiger partial charge >= 0.3 is 0 Å². The molecular weight excluding hydrogens is 609 g/mol. The highest BCUT2D eigenvalue weighted by atomic mass is 16.3. The molecule has 2 heterocycles. The molecule has 0 N–H and O–H groups in total. The summed E-state index contributed by atoms with van der Waals surface area (Å²) < 4.78 is 86.7. The van der Waals surface area contributed by atoms with Gasteiger partial charge in [-0.25, -0.2) is 0 Å². The van der Waals surface area contributed by atoms with Gasteiger partial charge in [-0.05, 0) is 96.5 Å². The molecule has 2 nitrogen and oxygen atoms in total. The van der Waals surface area contributed by atoms with Gasteiger partial charge in [0.2, 0.25) is 0 Å². The Morgan fingerprint density at radius 3 is 1.72 bits per heavy atom. The lowest BCUT2D eigenvalue weighted by Crippen LogP contribution is -1.92. The molecule has 0 bridgehead atoms. The van der Waals surface area contributed by atoms with Gasteiger partial charge in [0.1, 0.15) is 22.3 Å². The van der Waals surface area contributed by atoms with Gasteiger partial charge in [-0.15, -0.1) is 0 Å². The van der Waals surface area contributed by atoms with Gasteiger partial charge < -0.3 is 8.83 Å². The molecule has 11 aromatic rings. The molecule has 0 unspecified atom stereocenters. The van der Waals surface area contributed by atoms with E-state index in [-0.39, 0.29) is 56.8 Å². The number of furan rings is 2. The molecule has 11 rings (SSSR count). The summed E-state index contributed by atoms with van der Waals surface area (Å²) in [6.07, 6.45) is 0. The maximum atomic E-state index is 9.54. The van der Waals surface area contributed by atoms with Crippen LogP contribution in [0.4, 0.5) is 0 Å². The maximum absolute atomic E-state index is 9.54. The first-order chi connectivity index (χ1) is 28.1. The molecule has 0 aliphatic heterocycles. The van der Waals surface area contributed by atoms with Crippen molar-refractivity contribution in [2.45, 2.75) is 0 Å². The van der Waals surface area contributed by atoms with E-state index in [2.05, 4.69) is 24.3 Å². The summed E-state index contributed by atoms with van der Waals surface area (Å²) in [7, 11) is 0. The second-order valence-corrected chi connectivity index (χ2v) is 12.6. The SMILES string of the molecule is [2H]c1c([2H])c([2H])c2c(-c3ccc(-c4ccc5ccccc5c4)c4oc5ccccc5c34)c3c([2H])c([2H])c([2H])c([2H])c3c(-c3ccc4c(c3)oc3ccccc34)c2c1[2H]. The monoisotopic (exact) mass is 644 g/mol. The third-order valence-electron chi connectivity index (χ3n) is 9.90. The van der Waals surface area contributed by atoms with Crippen LogP contribution in [0.25, 0.3) is 110 Å². The third-order valence-corrected chi connectivity index (χ3v) is 9.90. The number of rotatable bonds is 3. The summed E-state index contributed by atoms with van der Waals surface area (Å²) in [5, 5.41) is 5.81. The van der Waals surface area contributed by atoms with Gasteiger partial charge in [0, 0.05) is 27.1 Å². The van der Waals surface area contributed by atoms with Crippen LogP contribution in [0.3, 0.4) is 0 Å². The number of benzene rings is 9. The Hall–Kier alpha value is -6.64. The van der Waals surface area contributed by atoms with Crippen LogP contribution < -0.4 is 0 Å². The van der Waals surface area contributed by atoms with Gasteiger partial charge in [-0.1, -0.05) is 133 Å². The van der Waals surface area contributed by atoms with Crippen molar-refractivity contribution in [3.63, 3.8) is 0 Å². The summed E-state index contributed by atoms with van der Waals surface area (Å²) in [5.41, 5.74) is 5.56. The van der Waals surface area contributed by atoms with E-state index in [9.17, 15) is 5.48 Å². The smallest absolute Gasteiger partial charge is 0.143 e. The second-order valence-electron chi connectivity index (χ2n) is 12.6. The van der Waals surface area contributed by atoms with Crippen molar-refractivity contribution in [1.82, 2.24) is 0 Å². The van der Waals surface area contributed by atoms with E-state index in [1.54, 1.807) is 6.07 Å². The highest BCUT2D eigenvalue weighted by Crippen LogP contribution is 2.49. The minimum atomic E-state index is -0.460. The van der Waals surface area contributed by atoms with Crippen molar-refractivity contribution in [1.29, 1.82) is 0 Å². The Kier molecular flexibility index (Phi) is 4.31. The maximum Gasteiger partial charge on any atom is 0.143 e. The van der Waals surface area contributed by atoms with Crippen LogP contribution in [0.5, 0.6) is 0 Å². The lowest BCUT2D eigenvalue weighted by molar-refractivity contribution is 0.669. The molecule has 0 aliphatic rings.